The maximum atomic E-state index is 12.8. The van der Waals surface area contributed by atoms with E-state index in [1.807, 2.05) is 24.3 Å². The molecule has 0 aromatic heterocycles. The smallest absolute Gasteiger partial charge is 0.132 e. The average molecular weight is 258 g/mol. The molecule has 0 amide bonds. The van der Waals surface area contributed by atoms with Crippen LogP contribution in [0, 0.1) is 27.7 Å². The third-order valence-electron chi connectivity index (χ3n) is 3.70. The van der Waals surface area contributed by atoms with E-state index in [1.54, 1.807) is 0 Å². The summed E-state index contributed by atoms with van der Waals surface area (Å²) < 4.78 is 12.8. The lowest BCUT2D eigenvalue weighted by atomic mass is 10.1. The Hall–Kier alpha value is -1.33. The molecule has 0 spiro atoms. The fourth-order valence-corrected chi connectivity index (χ4v) is 4.00. The zero-order valence-corrected chi connectivity index (χ0v) is 12.4. The van der Waals surface area contributed by atoms with Crippen LogP contribution < -0.4 is 10.6 Å². The lowest BCUT2D eigenvalue weighted by Crippen LogP contribution is -2.13. The summed E-state index contributed by atoms with van der Waals surface area (Å²) in [6, 6.07) is 12.1. The van der Waals surface area contributed by atoms with Crippen LogP contribution in [-0.4, -0.2) is 0 Å². The van der Waals surface area contributed by atoms with Crippen molar-refractivity contribution in [1.29, 1.82) is 0 Å². The molecule has 2 aromatic carbocycles. The van der Waals surface area contributed by atoms with Gasteiger partial charge in [0.05, 0.1) is 0 Å². The predicted molar refractivity (Wildman–Crippen MR) is 80.1 cm³/mol. The van der Waals surface area contributed by atoms with Crippen LogP contribution in [-0.2, 0) is 4.57 Å². The zero-order chi connectivity index (χ0) is 13.3. The normalized spacial score (nSPS) is 10.9. The number of hydrogen-bond acceptors (Lipinski definition) is 1. The quantitative estimate of drug-likeness (QED) is 0.754. The van der Waals surface area contributed by atoms with E-state index in [1.165, 1.54) is 11.1 Å². The molecule has 1 nitrogen and oxygen atoms in total. The summed E-state index contributed by atoms with van der Waals surface area (Å²) in [5, 5.41) is 1.99. The Morgan fingerprint density at radius 3 is 1.50 bits per heavy atom. The Morgan fingerprint density at radius 1 is 0.722 bits per heavy atom. The van der Waals surface area contributed by atoms with E-state index in [0.29, 0.717) is 0 Å². The first-order valence-corrected chi connectivity index (χ1v) is 7.60. The van der Waals surface area contributed by atoms with E-state index in [2.05, 4.69) is 39.8 Å². The first-order chi connectivity index (χ1) is 8.52. The minimum atomic E-state index is -1.90. The van der Waals surface area contributed by atoms with Crippen molar-refractivity contribution in [2.24, 2.45) is 0 Å². The highest BCUT2D eigenvalue weighted by Crippen LogP contribution is 2.25. The Bertz CT molecular complexity index is 561. The SMILES string of the molecule is Cc1cccc([PH](=O)c2cccc(C)c2C)c1C. The summed E-state index contributed by atoms with van der Waals surface area (Å²) in [5.74, 6) is 0. The van der Waals surface area contributed by atoms with Crippen LogP contribution >= 0.6 is 7.80 Å². The summed E-state index contributed by atoms with van der Waals surface area (Å²) in [7, 11) is -1.90. The molecular weight excluding hydrogens is 239 g/mol. The third kappa shape index (κ3) is 2.28. The Labute approximate surface area is 110 Å². The standard InChI is InChI=1S/C16H19OP/c1-11-7-5-9-15(13(11)3)18(17)16-10-6-8-12(2)14(16)4/h5-10,18H,1-4H3. The molecule has 2 aromatic rings. The maximum Gasteiger partial charge on any atom is 0.132 e. The lowest BCUT2D eigenvalue weighted by molar-refractivity contribution is 0.598. The molecular formula is C16H19OP. The number of hydrogen-bond donors (Lipinski definition) is 0. The van der Waals surface area contributed by atoms with E-state index in [-0.39, 0.29) is 0 Å². The molecule has 94 valence electrons. The highest BCUT2D eigenvalue weighted by molar-refractivity contribution is 7.61. The van der Waals surface area contributed by atoms with Crippen LogP contribution in [0.3, 0.4) is 0 Å². The fourth-order valence-electron chi connectivity index (χ4n) is 2.14. The third-order valence-corrected chi connectivity index (χ3v) is 5.76. The number of benzene rings is 2. The first kappa shape index (κ1) is 13.1. The summed E-state index contributed by atoms with van der Waals surface area (Å²) in [6.45, 7) is 8.24. The van der Waals surface area contributed by atoms with Gasteiger partial charge >= 0.3 is 0 Å². The Kier molecular flexibility index (Phi) is 3.73. The van der Waals surface area contributed by atoms with E-state index in [0.717, 1.165) is 21.7 Å². The van der Waals surface area contributed by atoms with Gasteiger partial charge in [0.15, 0.2) is 0 Å². The van der Waals surface area contributed by atoms with Gasteiger partial charge in [-0.2, -0.15) is 0 Å². The van der Waals surface area contributed by atoms with Gasteiger partial charge in [-0.3, -0.25) is 0 Å². The topological polar surface area (TPSA) is 17.1 Å². The molecule has 0 bridgehead atoms. The van der Waals surface area contributed by atoms with Crippen molar-refractivity contribution in [3.05, 3.63) is 58.7 Å². The molecule has 0 aliphatic heterocycles. The molecule has 0 fully saturated rings. The van der Waals surface area contributed by atoms with Crippen molar-refractivity contribution in [2.45, 2.75) is 27.7 Å². The Morgan fingerprint density at radius 2 is 1.11 bits per heavy atom. The van der Waals surface area contributed by atoms with Crippen molar-refractivity contribution in [3.63, 3.8) is 0 Å². The predicted octanol–water partition coefficient (Wildman–Crippen LogP) is 3.43. The van der Waals surface area contributed by atoms with Crippen molar-refractivity contribution >= 4 is 18.4 Å². The van der Waals surface area contributed by atoms with Gasteiger partial charge in [-0.1, -0.05) is 36.4 Å². The maximum absolute atomic E-state index is 12.8. The van der Waals surface area contributed by atoms with Crippen LogP contribution in [0.1, 0.15) is 22.3 Å². The van der Waals surface area contributed by atoms with E-state index < -0.39 is 7.80 Å². The largest absolute Gasteiger partial charge is 0.317 e. The summed E-state index contributed by atoms with van der Waals surface area (Å²) in [6.07, 6.45) is 0. The molecule has 0 saturated carbocycles. The van der Waals surface area contributed by atoms with E-state index in [9.17, 15) is 4.57 Å². The summed E-state index contributed by atoms with van der Waals surface area (Å²) >= 11 is 0. The van der Waals surface area contributed by atoms with Gasteiger partial charge in [-0.05, 0) is 49.9 Å². The molecule has 0 aliphatic carbocycles. The second-order valence-electron chi connectivity index (χ2n) is 4.82. The van der Waals surface area contributed by atoms with Gasteiger partial charge in [0.1, 0.15) is 7.80 Å². The fraction of sp³-hybridized carbons (Fsp3) is 0.250. The van der Waals surface area contributed by atoms with Crippen LogP contribution in [0.4, 0.5) is 0 Å². The number of rotatable bonds is 2. The minimum Gasteiger partial charge on any atom is -0.317 e. The summed E-state index contributed by atoms with van der Waals surface area (Å²) in [5.41, 5.74) is 4.72. The van der Waals surface area contributed by atoms with Gasteiger partial charge in [-0.15, -0.1) is 0 Å². The Balaban J connectivity index is 2.55. The highest BCUT2D eigenvalue weighted by Gasteiger charge is 2.13. The van der Waals surface area contributed by atoms with Crippen molar-refractivity contribution < 1.29 is 4.57 Å². The van der Waals surface area contributed by atoms with Gasteiger partial charge in [0, 0.05) is 10.6 Å². The van der Waals surface area contributed by atoms with Gasteiger partial charge < -0.3 is 4.57 Å². The zero-order valence-electron chi connectivity index (χ0n) is 11.4. The van der Waals surface area contributed by atoms with Crippen molar-refractivity contribution in [2.75, 3.05) is 0 Å². The van der Waals surface area contributed by atoms with Gasteiger partial charge in [0.2, 0.25) is 0 Å². The van der Waals surface area contributed by atoms with Gasteiger partial charge in [-0.25, -0.2) is 0 Å². The average Bonchev–Trinajstić information content (AvgIpc) is 2.35. The van der Waals surface area contributed by atoms with E-state index in [4.69, 9.17) is 0 Å². The monoisotopic (exact) mass is 258 g/mol. The van der Waals surface area contributed by atoms with Crippen molar-refractivity contribution in [1.82, 2.24) is 0 Å². The molecule has 0 saturated heterocycles. The number of aryl methyl sites for hydroxylation is 2. The molecule has 0 heterocycles. The van der Waals surface area contributed by atoms with E-state index >= 15 is 0 Å². The molecule has 0 radical (unpaired) electrons. The molecule has 0 unspecified atom stereocenters. The van der Waals surface area contributed by atoms with Crippen LogP contribution in [0.15, 0.2) is 36.4 Å². The second-order valence-corrected chi connectivity index (χ2v) is 6.56. The second kappa shape index (κ2) is 5.12. The molecule has 0 aliphatic rings. The molecule has 18 heavy (non-hydrogen) atoms. The lowest BCUT2D eigenvalue weighted by Gasteiger charge is -2.12. The molecule has 2 rings (SSSR count). The summed E-state index contributed by atoms with van der Waals surface area (Å²) in [4.78, 5) is 0. The molecule has 0 N–H and O–H groups in total. The molecule has 0 atom stereocenters. The van der Waals surface area contributed by atoms with Crippen LogP contribution in [0.2, 0.25) is 0 Å². The van der Waals surface area contributed by atoms with Crippen LogP contribution in [0.5, 0.6) is 0 Å². The first-order valence-electron chi connectivity index (χ1n) is 6.19. The van der Waals surface area contributed by atoms with Crippen LogP contribution in [0.25, 0.3) is 0 Å². The van der Waals surface area contributed by atoms with Gasteiger partial charge in [0.25, 0.3) is 0 Å². The van der Waals surface area contributed by atoms with Crippen molar-refractivity contribution in [3.8, 4) is 0 Å². The highest BCUT2D eigenvalue weighted by atomic mass is 31.1. The minimum absolute atomic E-state index is 0.994. The molecule has 2 heteroatoms.